The standard InChI is InChI=1S/C29H53O4PSi/c1-6-9-21-34(22-10-7-2,23-11-8-3)28-25-26(30)18-19-27(28)33-20-16-14-12-13-15-17-24-35-29(31-4)32-5/h18-19,25,29H,6-17,20-24H2,1-5H3/p+1. The van der Waals surface area contributed by atoms with Crippen LogP contribution in [0.15, 0.2) is 18.2 Å². The van der Waals surface area contributed by atoms with Crippen molar-refractivity contribution in [1.82, 2.24) is 0 Å². The van der Waals surface area contributed by atoms with Crippen LogP contribution < -0.4 is 10.0 Å². The largest absolute Gasteiger partial charge is 0.508 e. The Labute approximate surface area is 220 Å². The summed E-state index contributed by atoms with van der Waals surface area (Å²) in [6.07, 6.45) is 18.8. The highest BCUT2D eigenvalue weighted by molar-refractivity contribution is 7.83. The van der Waals surface area contributed by atoms with Crippen LogP contribution in [0.25, 0.3) is 0 Å². The van der Waals surface area contributed by atoms with Crippen molar-refractivity contribution >= 4 is 22.1 Å². The zero-order valence-corrected chi connectivity index (χ0v) is 25.3. The first-order valence-electron chi connectivity index (χ1n) is 14.2. The van der Waals surface area contributed by atoms with Gasteiger partial charge < -0.3 is 19.3 Å². The van der Waals surface area contributed by atoms with Crippen molar-refractivity contribution in [3.8, 4) is 11.5 Å². The Balaban J connectivity index is 2.62. The number of methoxy groups -OCH3 is 2. The second kappa shape index (κ2) is 20.4. The van der Waals surface area contributed by atoms with Gasteiger partial charge in [0, 0.05) is 20.3 Å². The lowest BCUT2D eigenvalue weighted by Gasteiger charge is -2.29. The fraction of sp³-hybridized carbons (Fsp3) is 0.793. The van der Waals surface area contributed by atoms with E-state index in [2.05, 4.69) is 26.8 Å². The summed E-state index contributed by atoms with van der Waals surface area (Å²) in [6, 6.07) is 7.10. The number of hydrogen-bond donors (Lipinski definition) is 1. The predicted molar refractivity (Wildman–Crippen MR) is 156 cm³/mol. The summed E-state index contributed by atoms with van der Waals surface area (Å²) in [6.45, 7) is 7.66. The lowest BCUT2D eigenvalue weighted by atomic mass is 10.1. The van der Waals surface area contributed by atoms with Crippen molar-refractivity contribution < 1.29 is 19.3 Å². The molecule has 2 radical (unpaired) electrons. The number of phenolic OH excluding ortho intramolecular Hbond substituents is 1. The van der Waals surface area contributed by atoms with Crippen LogP contribution >= 0.6 is 7.26 Å². The minimum absolute atomic E-state index is 0.0240. The second-order valence-electron chi connectivity index (χ2n) is 9.76. The first-order chi connectivity index (χ1) is 17.1. The minimum atomic E-state index is -1.35. The summed E-state index contributed by atoms with van der Waals surface area (Å²) in [5.41, 5.74) is 0. The van der Waals surface area contributed by atoms with E-state index in [0.717, 1.165) is 28.3 Å². The topological polar surface area (TPSA) is 47.9 Å². The molecule has 1 aromatic rings. The Bertz CT molecular complexity index is 617. The minimum Gasteiger partial charge on any atom is -0.508 e. The third kappa shape index (κ3) is 13.0. The Morgan fingerprint density at radius 1 is 0.771 bits per heavy atom. The maximum absolute atomic E-state index is 10.4. The first-order valence-corrected chi connectivity index (χ1v) is 17.8. The highest BCUT2D eigenvalue weighted by Gasteiger charge is 2.41. The maximum Gasteiger partial charge on any atom is 0.161 e. The monoisotopic (exact) mass is 525 g/mol. The average Bonchev–Trinajstić information content (AvgIpc) is 2.88. The number of aromatic hydroxyl groups is 1. The summed E-state index contributed by atoms with van der Waals surface area (Å²) < 4.78 is 17.0. The van der Waals surface area contributed by atoms with Gasteiger partial charge in [-0.1, -0.05) is 78.2 Å². The van der Waals surface area contributed by atoms with Crippen molar-refractivity contribution in [2.75, 3.05) is 39.3 Å². The average molecular weight is 526 g/mol. The molecule has 0 atom stereocenters. The van der Waals surface area contributed by atoms with Gasteiger partial charge in [-0.3, -0.25) is 0 Å². The number of rotatable bonds is 23. The Morgan fingerprint density at radius 2 is 1.31 bits per heavy atom. The summed E-state index contributed by atoms with van der Waals surface area (Å²) in [5.74, 6) is 1.42. The molecule has 1 rings (SSSR count). The smallest absolute Gasteiger partial charge is 0.161 e. The number of ether oxygens (including phenoxy) is 3. The van der Waals surface area contributed by atoms with Gasteiger partial charge in [-0.05, 0) is 37.8 Å². The molecule has 0 aliphatic rings. The van der Waals surface area contributed by atoms with E-state index in [-0.39, 0.29) is 5.91 Å². The Morgan fingerprint density at radius 3 is 1.86 bits per heavy atom. The van der Waals surface area contributed by atoms with Crippen LogP contribution in [0.1, 0.15) is 97.8 Å². The SMILES string of the molecule is CCCC[P+](CCCC)(CCCC)c1cc(O)ccc1OCCCCCCCC[Si]C(OC)OC. The van der Waals surface area contributed by atoms with E-state index in [0.29, 0.717) is 5.75 Å². The van der Waals surface area contributed by atoms with Gasteiger partial charge in [-0.15, -0.1) is 0 Å². The van der Waals surface area contributed by atoms with Crippen LogP contribution in [-0.2, 0) is 9.47 Å². The molecule has 0 aromatic heterocycles. The second-order valence-corrected chi connectivity index (χ2v) is 15.2. The predicted octanol–water partition coefficient (Wildman–Crippen LogP) is 7.85. The molecule has 0 fully saturated rings. The highest BCUT2D eigenvalue weighted by Crippen LogP contribution is 2.61. The molecule has 0 spiro atoms. The molecule has 202 valence electrons. The summed E-state index contributed by atoms with van der Waals surface area (Å²) in [5, 5.41) is 11.8. The highest BCUT2D eigenvalue weighted by atomic mass is 31.2. The molecule has 0 aliphatic carbocycles. The van der Waals surface area contributed by atoms with Crippen molar-refractivity contribution in [1.29, 1.82) is 0 Å². The molecule has 0 unspecified atom stereocenters. The molecule has 0 heterocycles. The lowest BCUT2D eigenvalue weighted by Crippen LogP contribution is -2.23. The third-order valence-corrected chi connectivity index (χ3v) is 13.2. The number of benzene rings is 1. The molecule has 0 aliphatic heterocycles. The van der Waals surface area contributed by atoms with E-state index in [1.807, 2.05) is 12.1 Å². The van der Waals surface area contributed by atoms with Crippen LogP contribution in [0.4, 0.5) is 0 Å². The molecular weight excluding hydrogens is 471 g/mol. The van der Waals surface area contributed by atoms with Gasteiger partial charge in [0.15, 0.2) is 5.75 Å². The maximum atomic E-state index is 10.4. The van der Waals surface area contributed by atoms with Gasteiger partial charge in [0.2, 0.25) is 0 Å². The molecule has 35 heavy (non-hydrogen) atoms. The first kappa shape index (κ1) is 32.4. The van der Waals surface area contributed by atoms with Crippen LogP contribution in [0.3, 0.4) is 0 Å². The van der Waals surface area contributed by atoms with Crippen molar-refractivity contribution in [2.45, 2.75) is 110 Å². The van der Waals surface area contributed by atoms with Gasteiger partial charge in [-0.25, -0.2) is 0 Å². The molecule has 1 aromatic carbocycles. The quantitative estimate of drug-likeness (QED) is 0.0684. The van der Waals surface area contributed by atoms with Gasteiger partial charge in [0.05, 0.1) is 32.4 Å². The van der Waals surface area contributed by atoms with Gasteiger partial charge >= 0.3 is 0 Å². The summed E-state index contributed by atoms with van der Waals surface area (Å²) >= 11 is 0. The van der Waals surface area contributed by atoms with E-state index < -0.39 is 7.26 Å². The molecule has 1 N–H and O–H groups in total. The van der Waals surface area contributed by atoms with Crippen molar-refractivity contribution in [3.05, 3.63) is 18.2 Å². The molecular formula is C29H54O4PSi+. The Kier molecular flexibility index (Phi) is 18.9. The van der Waals surface area contributed by atoms with Crippen LogP contribution in [0.5, 0.6) is 11.5 Å². The van der Waals surface area contributed by atoms with E-state index in [1.54, 1.807) is 14.2 Å². The van der Waals surface area contributed by atoms with Gasteiger partial charge in [0.25, 0.3) is 0 Å². The molecule has 4 nitrogen and oxygen atoms in total. The van der Waals surface area contributed by atoms with E-state index in [4.69, 9.17) is 14.2 Å². The number of phenols is 1. The molecule has 6 heteroatoms. The summed E-state index contributed by atoms with van der Waals surface area (Å²) in [4.78, 5) is 0. The Hall–Kier alpha value is -0.613. The zero-order chi connectivity index (χ0) is 25.8. The van der Waals surface area contributed by atoms with Gasteiger partial charge in [-0.2, -0.15) is 0 Å². The molecule has 0 saturated carbocycles. The van der Waals surface area contributed by atoms with E-state index in [1.165, 1.54) is 100 Å². The normalized spacial score (nSPS) is 11.9. The fourth-order valence-electron chi connectivity index (χ4n) is 4.68. The van der Waals surface area contributed by atoms with Crippen molar-refractivity contribution in [2.24, 2.45) is 0 Å². The van der Waals surface area contributed by atoms with Gasteiger partial charge in [0.1, 0.15) is 26.5 Å². The molecule has 0 bridgehead atoms. The fourth-order valence-corrected chi connectivity index (χ4v) is 10.9. The van der Waals surface area contributed by atoms with E-state index >= 15 is 0 Å². The number of unbranched alkanes of at least 4 members (excludes halogenated alkanes) is 8. The van der Waals surface area contributed by atoms with Crippen LogP contribution in [-0.4, -0.2) is 59.9 Å². The van der Waals surface area contributed by atoms with Crippen LogP contribution in [0.2, 0.25) is 6.04 Å². The third-order valence-electron chi connectivity index (χ3n) is 6.84. The van der Waals surface area contributed by atoms with E-state index in [9.17, 15) is 5.11 Å². The number of hydrogen-bond acceptors (Lipinski definition) is 4. The zero-order valence-electron chi connectivity index (χ0n) is 23.4. The molecule has 0 amide bonds. The molecule has 0 saturated heterocycles. The summed E-state index contributed by atoms with van der Waals surface area (Å²) in [7, 11) is 2.81. The van der Waals surface area contributed by atoms with Crippen molar-refractivity contribution in [3.63, 3.8) is 0 Å². The lowest BCUT2D eigenvalue weighted by molar-refractivity contribution is -0.0441. The van der Waals surface area contributed by atoms with Crippen LogP contribution in [0, 0.1) is 0 Å².